The third-order valence-corrected chi connectivity index (χ3v) is 3.85. The molecule has 0 aliphatic heterocycles. The maximum atomic E-state index is 2.32. The second-order valence-corrected chi connectivity index (χ2v) is 4.99. The van der Waals surface area contributed by atoms with Gasteiger partial charge in [-0.3, -0.25) is 0 Å². The quantitative estimate of drug-likeness (QED) is 0.505. The van der Waals surface area contributed by atoms with Crippen LogP contribution in [0.1, 0.15) is 12.0 Å². The molecule has 0 aromatic heterocycles. The molecule has 3 aromatic rings. The monoisotopic (exact) mass is 242 g/mol. The Morgan fingerprint density at radius 2 is 1.47 bits per heavy atom. The van der Waals surface area contributed by atoms with Gasteiger partial charge in [-0.1, -0.05) is 66.8 Å². The molecular weight excluding hydrogens is 228 g/mol. The average Bonchev–Trinajstić information content (AvgIpc) is 3.00. The van der Waals surface area contributed by atoms with Gasteiger partial charge in [0.15, 0.2) is 0 Å². The van der Waals surface area contributed by atoms with Crippen molar-refractivity contribution in [1.82, 2.24) is 0 Å². The van der Waals surface area contributed by atoms with E-state index in [2.05, 4.69) is 72.8 Å². The van der Waals surface area contributed by atoms with E-state index in [4.69, 9.17) is 0 Å². The van der Waals surface area contributed by atoms with E-state index in [-0.39, 0.29) is 0 Å². The molecule has 90 valence electrons. The number of hydrogen-bond donors (Lipinski definition) is 0. The lowest BCUT2D eigenvalue weighted by atomic mass is 9.94. The highest BCUT2D eigenvalue weighted by Gasteiger charge is 2.09. The van der Waals surface area contributed by atoms with Crippen molar-refractivity contribution in [3.05, 3.63) is 78.4 Å². The molecule has 0 N–H and O–H groups in total. The van der Waals surface area contributed by atoms with E-state index in [1.165, 1.54) is 32.7 Å². The van der Waals surface area contributed by atoms with E-state index in [0.717, 1.165) is 6.42 Å². The predicted octanol–water partition coefficient (Wildman–Crippen LogP) is 5.34. The van der Waals surface area contributed by atoms with Gasteiger partial charge in [-0.15, -0.1) is 0 Å². The van der Waals surface area contributed by atoms with E-state index in [9.17, 15) is 0 Å². The van der Waals surface area contributed by atoms with Crippen LogP contribution in [0.5, 0.6) is 0 Å². The fourth-order valence-corrected chi connectivity index (χ4v) is 2.95. The van der Waals surface area contributed by atoms with Crippen molar-refractivity contribution < 1.29 is 0 Å². The maximum Gasteiger partial charge on any atom is -0.00991 e. The van der Waals surface area contributed by atoms with Crippen molar-refractivity contribution >= 4 is 27.1 Å². The number of rotatable bonds is 1. The van der Waals surface area contributed by atoms with E-state index < -0.39 is 0 Å². The number of hydrogen-bond acceptors (Lipinski definition) is 0. The molecule has 0 atom stereocenters. The second-order valence-electron chi connectivity index (χ2n) is 4.99. The van der Waals surface area contributed by atoms with Gasteiger partial charge in [-0.05, 0) is 45.2 Å². The Balaban J connectivity index is 2.19. The molecule has 19 heavy (non-hydrogen) atoms. The molecule has 0 unspecified atom stereocenters. The summed E-state index contributed by atoms with van der Waals surface area (Å²) in [5, 5.41) is 5.35. The first kappa shape index (κ1) is 10.6. The molecule has 0 amide bonds. The molecule has 0 saturated carbocycles. The average molecular weight is 242 g/mol. The third-order valence-electron chi connectivity index (χ3n) is 3.85. The van der Waals surface area contributed by atoms with Gasteiger partial charge in [-0.25, -0.2) is 0 Å². The van der Waals surface area contributed by atoms with Gasteiger partial charge < -0.3 is 0 Å². The summed E-state index contributed by atoms with van der Waals surface area (Å²) in [4.78, 5) is 0. The normalized spacial score (nSPS) is 14.2. The van der Waals surface area contributed by atoms with E-state index in [1.54, 1.807) is 0 Å². The molecule has 0 saturated heterocycles. The largest absolute Gasteiger partial charge is 0.0801 e. The minimum atomic E-state index is 1.05. The van der Waals surface area contributed by atoms with Gasteiger partial charge in [0, 0.05) is 0 Å². The molecule has 0 nitrogen and oxygen atoms in total. The molecular formula is C19H14. The first-order valence-corrected chi connectivity index (χ1v) is 6.71. The summed E-state index contributed by atoms with van der Waals surface area (Å²) in [5.74, 6) is 0. The predicted molar refractivity (Wildman–Crippen MR) is 83.2 cm³/mol. The Kier molecular flexibility index (Phi) is 2.28. The van der Waals surface area contributed by atoms with Crippen LogP contribution in [0.4, 0.5) is 0 Å². The summed E-state index contributed by atoms with van der Waals surface area (Å²) in [7, 11) is 0. The highest BCUT2D eigenvalue weighted by Crippen LogP contribution is 2.34. The Hall–Kier alpha value is -2.34. The third kappa shape index (κ3) is 1.61. The second kappa shape index (κ2) is 4.10. The van der Waals surface area contributed by atoms with Crippen LogP contribution in [0.2, 0.25) is 0 Å². The summed E-state index contributed by atoms with van der Waals surface area (Å²) in [6, 6.07) is 19.6. The Bertz CT molecular complexity index is 835. The topological polar surface area (TPSA) is 0 Å². The van der Waals surface area contributed by atoms with Gasteiger partial charge in [0.25, 0.3) is 0 Å². The lowest BCUT2D eigenvalue weighted by molar-refractivity contribution is 1.45. The minimum absolute atomic E-state index is 1.05. The molecule has 1 aliphatic carbocycles. The van der Waals surface area contributed by atoms with Crippen molar-refractivity contribution in [3.8, 4) is 0 Å². The SMILES string of the molecule is C1=CC(c2cc3ccccc3c3ccccc23)=CC1. The van der Waals surface area contributed by atoms with Crippen LogP contribution in [0, 0.1) is 0 Å². The molecule has 1 aliphatic rings. The van der Waals surface area contributed by atoms with Crippen molar-refractivity contribution in [1.29, 1.82) is 0 Å². The van der Waals surface area contributed by atoms with Gasteiger partial charge in [0.1, 0.15) is 0 Å². The minimum Gasteiger partial charge on any atom is -0.0801 e. The Labute approximate surface area is 112 Å². The first-order valence-electron chi connectivity index (χ1n) is 6.71. The fourth-order valence-electron chi connectivity index (χ4n) is 2.95. The van der Waals surface area contributed by atoms with Crippen LogP contribution in [-0.4, -0.2) is 0 Å². The lowest BCUT2D eigenvalue weighted by Gasteiger charge is -2.10. The zero-order chi connectivity index (χ0) is 12.7. The van der Waals surface area contributed by atoms with Gasteiger partial charge in [-0.2, -0.15) is 0 Å². The smallest absolute Gasteiger partial charge is 0.00991 e. The van der Waals surface area contributed by atoms with E-state index in [0.29, 0.717) is 0 Å². The standard InChI is InChI=1S/C19H14/c1-2-8-14(7-1)19-13-15-9-3-4-10-16(15)17-11-5-6-12-18(17)19/h1,3-13H,2H2. The van der Waals surface area contributed by atoms with Gasteiger partial charge in [0.05, 0.1) is 0 Å². The molecule has 0 heteroatoms. The van der Waals surface area contributed by atoms with Crippen molar-refractivity contribution in [2.24, 2.45) is 0 Å². The summed E-state index contributed by atoms with van der Waals surface area (Å²) < 4.78 is 0. The molecule has 0 spiro atoms. The van der Waals surface area contributed by atoms with Crippen LogP contribution in [0.25, 0.3) is 27.1 Å². The van der Waals surface area contributed by atoms with Crippen molar-refractivity contribution in [2.45, 2.75) is 6.42 Å². The fraction of sp³-hybridized carbons (Fsp3) is 0.0526. The van der Waals surface area contributed by atoms with Gasteiger partial charge in [0.2, 0.25) is 0 Å². The zero-order valence-corrected chi connectivity index (χ0v) is 10.6. The summed E-state index contributed by atoms with van der Waals surface area (Å²) in [6.45, 7) is 0. The number of benzene rings is 3. The Morgan fingerprint density at radius 1 is 0.737 bits per heavy atom. The van der Waals surface area contributed by atoms with Crippen LogP contribution in [0.15, 0.2) is 72.8 Å². The molecule has 0 fully saturated rings. The van der Waals surface area contributed by atoms with E-state index in [1.807, 2.05) is 0 Å². The summed E-state index contributed by atoms with van der Waals surface area (Å²) >= 11 is 0. The summed E-state index contributed by atoms with van der Waals surface area (Å²) in [5.41, 5.74) is 2.70. The van der Waals surface area contributed by atoms with Crippen LogP contribution in [-0.2, 0) is 0 Å². The highest BCUT2D eigenvalue weighted by atomic mass is 14.1. The first-order chi connectivity index (χ1) is 9.43. The van der Waals surface area contributed by atoms with Gasteiger partial charge >= 0.3 is 0 Å². The summed E-state index contributed by atoms with van der Waals surface area (Å²) in [6.07, 6.45) is 7.81. The molecule has 3 aromatic carbocycles. The lowest BCUT2D eigenvalue weighted by Crippen LogP contribution is -1.85. The van der Waals surface area contributed by atoms with Crippen molar-refractivity contribution in [2.75, 3.05) is 0 Å². The molecule has 4 rings (SSSR count). The zero-order valence-electron chi connectivity index (χ0n) is 10.6. The number of allylic oxidation sites excluding steroid dienone is 4. The van der Waals surface area contributed by atoms with E-state index >= 15 is 0 Å². The van der Waals surface area contributed by atoms with Crippen molar-refractivity contribution in [3.63, 3.8) is 0 Å². The maximum absolute atomic E-state index is 2.32. The van der Waals surface area contributed by atoms with Crippen LogP contribution < -0.4 is 0 Å². The van der Waals surface area contributed by atoms with Crippen LogP contribution in [0.3, 0.4) is 0 Å². The number of fused-ring (bicyclic) bond motifs is 3. The van der Waals surface area contributed by atoms with Crippen LogP contribution >= 0.6 is 0 Å². The molecule has 0 radical (unpaired) electrons. The highest BCUT2D eigenvalue weighted by molar-refractivity contribution is 6.12. The molecule has 0 heterocycles. The molecule has 0 bridgehead atoms. The Morgan fingerprint density at radius 3 is 2.26 bits per heavy atom.